The van der Waals surface area contributed by atoms with Crippen LogP contribution < -0.4 is 10.6 Å². The van der Waals surface area contributed by atoms with Gasteiger partial charge >= 0.3 is 0 Å². The molecule has 1 fully saturated rings. The summed E-state index contributed by atoms with van der Waals surface area (Å²) in [5.74, 6) is 0.805. The maximum atomic E-state index is 11.7. The molecule has 1 aromatic carbocycles. The van der Waals surface area contributed by atoms with E-state index in [0.717, 1.165) is 29.2 Å². The van der Waals surface area contributed by atoms with Crippen molar-refractivity contribution in [2.24, 2.45) is 5.92 Å². The molecule has 0 radical (unpaired) electrons. The molecule has 2 aliphatic rings. The molecule has 3 rings (SSSR count). The van der Waals surface area contributed by atoms with Crippen LogP contribution in [-0.4, -0.2) is 11.9 Å². The van der Waals surface area contributed by atoms with E-state index >= 15 is 0 Å². The molecule has 1 atom stereocenters. The minimum Gasteiger partial charge on any atom is -0.348 e. The monoisotopic (exact) mass is 278 g/mol. The SMILES string of the molecule is C[C@H](NCc1cc(Cl)c2c(c1)C(=O)NC2)C1CCC1. The van der Waals surface area contributed by atoms with Crippen LogP contribution in [0.3, 0.4) is 0 Å². The number of hydrogen-bond donors (Lipinski definition) is 2. The fourth-order valence-electron chi connectivity index (χ4n) is 2.83. The highest BCUT2D eigenvalue weighted by atomic mass is 35.5. The van der Waals surface area contributed by atoms with Gasteiger partial charge in [0, 0.05) is 35.3 Å². The quantitative estimate of drug-likeness (QED) is 0.889. The lowest BCUT2D eigenvalue weighted by Crippen LogP contribution is -2.36. The van der Waals surface area contributed by atoms with Crippen LogP contribution in [0.5, 0.6) is 0 Å². The molecular formula is C15H19ClN2O. The van der Waals surface area contributed by atoms with E-state index in [2.05, 4.69) is 17.6 Å². The number of fused-ring (bicyclic) bond motifs is 1. The van der Waals surface area contributed by atoms with E-state index < -0.39 is 0 Å². The van der Waals surface area contributed by atoms with Gasteiger partial charge in [-0.15, -0.1) is 0 Å². The zero-order valence-corrected chi connectivity index (χ0v) is 11.9. The van der Waals surface area contributed by atoms with E-state index in [-0.39, 0.29) is 5.91 Å². The van der Waals surface area contributed by atoms with Gasteiger partial charge < -0.3 is 10.6 Å². The zero-order chi connectivity index (χ0) is 13.4. The lowest BCUT2D eigenvalue weighted by atomic mass is 9.80. The van der Waals surface area contributed by atoms with E-state index in [1.165, 1.54) is 19.3 Å². The summed E-state index contributed by atoms with van der Waals surface area (Å²) in [5, 5.41) is 7.05. The van der Waals surface area contributed by atoms with Crippen LogP contribution in [0.1, 0.15) is 47.7 Å². The third-order valence-corrected chi connectivity index (χ3v) is 4.75. The van der Waals surface area contributed by atoms with E-state index in [1.807, 2.05) is 12.1 Å². The highest BCUT2D eigenvalue weighted by Gasteiger charge is 2.24. The van der Waals surface area contributed by atoms with Gasteiger partial charge in [0.1, 0.15) is 0 Å². The summed E-state index contributed by atoms with van der Waals surface area (Å²) in [5.41, 5.74) is 2.76. The Morgan fingerprint density at radius 1 is 1.47 bits per heavy atom. The Morgan fingerprint density at radius 2 is 2.26 bits per heavy atom. The molecule has 19 heavy (non-hydrogen) atoms. The first-order chi connectivity index (χ1) is 9.15. The van der Waals surface area contributed by atoms with Gasteiger partial charge in [-0.2, -0.15) is 0 Å². The third-order valence-electron chi connectivity index (χ3n) is 4.41. The lowest BCUT2D eigenvalue weighted by Gasteiger charge is -2.32. The number of amides is 1. The molecule has 0 saturated heterocycles. The van der Waals surface area contributed by atoms with Crippen molar-refractivity contribution in [3.8, 4) is 0 Å². The molecule has 0 bridgehead atoms. The standard InChI is InChI=1S/C15H19ClN2O/c1-9(11-3-2-4-11)17-7-10-5-12-13(14(16)6-10)8-18-15(12)19/h5-6,9,11,17H,2-4,7-8H2,1H3,(H,18,19)/t9-/m0/s1. The normalized spacial score (nSPS) is 19.8. The Bertz CT molecular complexity index is 511. The van der Waals surface area contributed by atoms with Crippen molar-refractivity contribution in [2.75, 3.05) is 0 Å². The molecule has 0 spiro atoms. The van der Waals surface area contributed by atoms with Crippen LogP contribution in [0.2, 0.25) is 5.02 Å². The molecule has 2 N–H and O–H groups in total. The van der Waals surface area contributed by atoms with Crippen molar-refractivity contribution in [1.29, 1.82) is 0 Å². The second-order valence-electron chi connectivity index (χ2n) is 5.65. The zero-order valence-electron chi connectivity index (χ0n) is 11.1. The second-order valence-corrected chi connectivity index (χ2v) is 6.05. The molecule has 1 amide bonds. The van der Waals surface area contributed by atoms with Gasteiger partial charge in [-0.05, 0) is 43.4 Å². The molecule has 102 valence electrons. The van der Waals surface area contributed by atoms with Crippen LogP contribution in [0.4, 0.5) is 0 Å². The molecule has 1 aliphatic carbocycles. The summed E-state index contributed by atoms with van der Waals surface area (Å²) >= 11 is 6.24. The molecule has 0 aromatic heterocycles. The molecule has 1 aromatic rings. The summed E-state index contributed by atoms with van der Waals surface area (Å²) in [6.07, 6.45) is 4.03. The maximum absolute atomic E-state index is 11.7. The first kappa shape index (κ1) is 12.9. The topological polar surface area (TPSA) is 41.1 Å². The fraction of sp³-hybridized carbons (Fsp3) is 0.533. The first-order valence-electron chi connectivity index (χ1n) is 6.98. The van der Waals surface area contributed by atoms with Crippen molar-refractivity contribution in [3.63, 3.8) is 0 Å². The van der Waals surface area contributed by atoms with Crippen molar-refractivity contribution in [1.82, 2.24) is 10.6 Å². The van der Waals surface area contributed by atoms with Gasteiger partial charge in [-0.1, -0.05) is 18.0 Å². The molecule has 4 heteroatoms. The number of hydrogen-bond acceptors (Lipinski definition) is 2. The third kappa shape index (κ3) is 2.49. The van der Waals surface area contributed by atoms with Crippen molar-refractivity contribution >= 4 is 17.5 Å². The van der Waals surface area contributed by atoms with Gasteiger partial charge in [0.15, 0.2) is 0 Å². The van der Waals surface area contributed by atoms with Crippen LogP contribution >= 0.6 is 11.6 Å². The lowest BCUT2D eigenvalue weighted by molar-refractivity contribution is 0.0965. The molecule has 1 aliphatic heterocycles. The Kier molecular flexibility index (Phi) is 3.50. The van der Waals surface area contributed by atoms with Gasteiger partial charge in [-0.25, -0.2) is 0 Å². The Hall–Kier alpha value is -1.06. The van der Waals surface area contributed by atoms with Crippen LogP contribution in [0.25, 0.3) is 0 Å². The maximum Gasteiger partial charge on any atom is 0.251 e. The fourth-order valence-corrected chi connectivity index (χ4v) is 3.14. The minimum atomic E-state index is -0.00853. The van der Waals surface area contributed by atoms with Crippen LogP contribution in [-0.2, 0) is 13.1 Å². The number of benzene rings is 1. The van der Waals surface area contributed by atoms with Crippen LogP contribution in [0, 0.1) is 5.92 Å². The van der Waals surface area contributed by atoms with Crippen molar-refractivity contribution < 1.29 is 4.79 Å². The summed E-state index contributed by atoms with van der Waals surface area (Å²) in [6.45, 7) is 3.57. The predicted octanol–water partition coefficient (Wildman–Crippen LogP) is 2.86. The molecule has 0 unspecified atom stereocenters. The van der Waals surface area contributed by atoms with Crippen molar-refractivity contribution in [2.45, 2.75) is 45.3 Å². The average molecular weight is 279 g/mol. The smallest absolute Gasteiger partial charge is 0.251 e. The summed E-state index contributed by atoms with van der Waals surface area (Å²) < 4.78 is 0. The molecular weight excluding hydrogens is 260 g/mol. The second kappa shape index (κ2) is 5.14. The van der Waals surface area contributed by atoms with Crippen LogP contribution in [0.15, 0.2) is 12.1 Å². The summed E-state index contributed by atoms with van der Waals surface area (Å²) in [7, 11) is 0. The van der Waals surface area contributed by atoms with E-state index in [1.54, 1.807) is 0 Å². The molecule has 3 nitrogen and oxygen atoms in total. The highest BCUT2D eigenvalue weighted by molar-refractivity contribution is 6.32. The minimum absolute atomic E-state index is 0.00853. The average Bonchev–Trinajstić information content (AvgIpc) is 2.67. The number of halogens is 1. The first-order valence-corrected chi connectivity index (χ1v) is 7.36. The summed E-state index contributed by atoms with van der Waals surface area (Å²) in [6, 6.07) is 4.47. The highest BCUT2D eigenvalue weighted by Crippen LogP contribution is 2.30. The van der Waals surface area contributed by atoms with E-state index in [0.29, 0.717) is 17.6 Å². The van der Waals surface area contributed by atoms with Gasteiger partial charge in [0.2, 0.25) is 0 Å². The number of rotatable bonds is 4. The largest absolute Gasteiger partial charge is 0.348 e. The Balaban J connectivity index is 1.69. The molecule has 1 saturated carbocycles. The van der Waals surface area contributed by atoms with Crippen molar-refractivity contribution in [3.05, 3.63) is 33.8 Å². The Morgan fingerprint density at radius 3 is 2.95 bits per heavy atom. The van der Waals surface area contributed by atoms with Gasteiger partial charge in [0.05, 0.1) is 0 Å². The number of nitrogens with one attached hydrogen (secondary N) is 2. The Labute approximate surface area is 118 Å². The van der Waals surface area contributed by atoms with E-state index in [4.69, 9.17) is 11.6 Å². The van der Waals surface area contributed by atoms with Gasteiger partial charge in [-0.3, -0.25) is 4.79 Å². The van der Waals surface area contributed by atoms with E-state index in [9.17, 15) is 4.79 Å². The predicted molar refractivity (Wildman–Crippen MR) is 76.3 cm³/mol. The summed E-state index contributed by atoms with van der Waals surface area (Å²) in [4.78, 5) is 11.7. The number of carbonyl (C=O) groups excluding carboxylic acids is 1. The van der Waals surface area contributed by atoms with Gasteiger partial charge in [0.25, 0.3) is 5.91 Å². The number of carbonyl (C=O) groups is 1. The molecule has 1 heterocycles.